The summed E-state index contributed by atoms with van der Waals surface area (Å²) >= 11 is 0. The van der Waals surface area contributed by atoms with Crippen LogP contribution in [0.5, 0.6) is 0 Å². The summed E-state index contributed by atoms with van der Waals surface area (Å²) in [7, 11) is 3.97. The van der Waals surface area contributed by atoms with E-state index in [0.29, 0.717) is 36.2 Å². The first kappa shape index (κ1) is 23.1. The lowest BCUT2D eigenvalue weighted by Gasteiger charge is -2.32. The third-order valence-corrected chi connectivity index (χ3v) is 7.10. The third-order valence-electron chi connectivity index (χ3n) is 7.10. The number of fused-ring (bicyclic) bond motifs is 2. The number of benzene rings is 1. The van der Waals surface area contributed by atoms with Gasteiger partial charge in [0.1, 0.15) is 23.5 Å². The van der Waals surface area contributed by atoms with Crippen molar-refractivity contribution in [1.29, 1.82) is 0 Å². The molecule has 5 aromatic rings. The number of likely N-dealkylation sites (N-methyl/N-ethyl adjacent to an activating group) is 1. The Kier molecular flexibility index (Phi) is 5.80. The van der Waals surface area contributed by atoms with Crippen molar-refractivity contribution in [2.24, 2.45) is 7.05 Å². The van der Waals surface area contributed by atoms with Crippen LogP contribution in [0.3, 0.4) is 0 Å². The van der Waals surface area contributed by atoms with Crippen molar-refractivity contribution in [3.8, 4) is 5.95 Å². The molecular formula is C27H29N9O. The van der Waals surface area contributed by atoms with Gasteiger partial charge in [-0.2, -0.15) is 9.97 Å². The maximum Gasteiger partial charge on any atom is 0.270 e. The van der Waals surface area contributed by atoms with Crippen molar-refractivity contribution in [2.45, 2.75) is 13.0 Å². The van der Waals surface area contributed by atoms with Gasteiger partial charge < -0.3 is 19.7 Å². The Morgan fingerprint density at radius 2 is 1.81 bits per heavy atom. The van der Waals surface area contributed by atoms with Gasteiger partial charge in [-0.15, -0.1) is 0 Å². The third kappa shape index (κ3) is 4.19. The number of pyridine rings is 1. The molecule has 6 rings (SSSR count). The molecular weight excluding hydrogens is 466 g/mol. The van der Waals surface area contributed by atoms with E-state index in [0.717, 1.165) is 35.1 Å². The van der Waals surface area contributed by atoms with Crippen LogP contribution in [0.25, 0.3) is 28.0 Å². The number of piperazine rings is 1. The van der Waals surface area contributed by atoms with Crippen LogP contribution in [0.15, 0.2) is 61.2 Å². The maximum absolute atomic E-state index is 13.5. The molecule has 10 heteroatoms. The van der Waals surface area contributed by atoms with Crippen LogP contribution >= 0.6 is 0 Å². The normalized spacial score (nSPS) is 15.4. The SMILES string of the molecule is C[C@@H](Nc1nc(-n2cnc3ccncc32)nc2c1cc(C(=O)N1CCN(C)CC1)n2C)c1ccccc1. The van der Waals surface area contributed by atoms with E-state index in [2.05, 4.69) is 46.3 Å². The molecule has 1 aromatic carbocycles. The molecule has 1 amide bonds. The summed E-state index contributed by atoms with van der Waals surface area (Å²) in [5.74, 6) is 1.13. The average molecular weight is 496 g/mol. The lowest BCUT2D eigenvalue weighted by molar-refractivity contribution is 0.0655. The maximum atomic E-state index is 13.5. The Bertz CT molecular complexity index is 1580. The fraction of sp³-hybridized carbons (Fsp3) is 0.296. The zero-order chi connectivity index (χ0) is 25.5. The van der Waals surface area contributed by atoms with E-state index in [1.807, 2.05) is 51.4 Å². The smallest absolute Gasteiger partial charge is 0.270 e. The molecule has 188 valence electrons. The highest BCUT2D eigenvalue weighted by molar-refractivity contribution is 6.01. The predicted molar refractivity (Wildman–Crippen MR) is 143 cm³/mol. The van der Waals surface area contributed by atoms with Crippen molar-refractivity contribution in [2.75, 3.05) is 38.5 Å². The molecule has 37 heavy (non-hydrogen) atoms. The molecule has 1 atom stereocenters. The number of nitrogens with one attached hydrogen (secondary N) is 1. The van der Waals surface area contributed by atoms with Crippen molar-refractivity contribution >= 4 is 33.8 Å². The van der Waals surface area contributed by atoms with Gasteiger partial charge in [0.2, 0.25) is 5.95 Å². The Balaban J connectivity index is 1.47. The molecule has 5 heterocycles. The monoisotopic (exact) mass is 495 g/mol. The van der Waals surface area contributed by atoms with E-state index in [4.69, 9.17) is 9.97 Å². The first-order valence-corrected chi connectivity index (χ1v) is 12.4. The molecule has 0 saturated carbocycles. The summed E-state index contributed by atoms with van der Waals surface area (Å²) in [4.78, 5) is 36.2. The first-order chi connectivity index (χ1) is 18.0. The summed E-state index contributed by atoms with van der Waals surface area (Å²) in [5, 5.41) is 4.37. The fourth-order valence-corrected chi connectivity index (χ4v) is 4.82. The number of amides is 1. The van der Waals surface area contributed by atoms with Gasteiger partial charge in [-0.05, 0) is 31.7 Å². The van der Waals surface area contributed by atoms with Gasteiger partial charge in [-0.3, -0.25) is 14.3 Å². The van der Waals surface area contributed by atoms with Gasteiger partial charge in [-0.1, -0.05) is 30.3 Å². The van der Waals surface area contributed by atoms with E-state index in [-0.39, 0.29) is 11.9 Å². The second-order valence-corrected chi connectivity index (χ2v) is 9.55. The Hall–Kier alpha value is -4.31. The van der Waals surface area contributed by atoms with E-state index < -0.39 is 0 Å². The fourth-order valence-electron chi connectivity index (χ4n) is 4.82. The molecule has 4 aromatic heterocycles. The quantitative estimate of drug-likeness (QED) is 0.400. The molecule has 1 fully saturated rings. The molecule has 1 aliphatic heterocycles. The number of hydrogen-bond donors (Lipinski definition) is 1. The average Bonchev–Trinajstić information content (AvgIpc) is 3.51. The standard InChI is InChI=1S/C27H29N9O/c1-18(19-7-5-4-6-8-19)30-24-20-15-22(26(37)35-13-11-33(2)12-14-35)34(3)25(20)32-27(31-24)36-17-29-21-9-10-28-16-23(21)36/h4-10,15-18H,11-14H2,1-3H3,(H,30,31,32)/t18-/m1/s1. The number of imidazole rings is 1. The zero-order valence-corrected chi connectivity index (χ0v) is 21.2. The molecule has 0 spiro atoms. The van der Waals surface area contributed by atoms with E-state index in [1.165, 1.54) is 0 Å². The molecule has 1 N–H and O–H groups in total. The largest absolute Gasteiger partial charge is 0.363 e. The Labute approximate surface area is 214 Å². The predicted octanol–water partition coefficient (Wildman–Crippen LogP) is 3.26. The Morgan fingerprint density at radius 3 is 2.59 bits per heavy atom. The summed E-state index contributed by atoms with van der Waals surface area (Å²) in [5.41, 5.74) is 4.03. The molecule has 10 nitrogen and oxygen atoms in total. The minimum atomic E-state index is -0.00895. The minimum absolute atomic E-state index is 0.00879. The van der Waals surface area contributed by atoms with E-state index in [9.17, 15) is 4.79 Å². The van der Waals surface area contributed by atoms with Gasteiger partial charge in [0.25, 0.3) is 5.91 Å². The second kappa shape index (κ2) is 9.29. The van der Waals surface area contributed by atoms with Crippen LogP contribution in [0.4, 0.5) is 5.82 Å². The van der Waals surface area contributed by atoms with Crippen LogP contribution < -0.4 is 5.32 Å². The number of carbonyl (C=O) groups excluding carboxylic acids is 1. The number of nitrogens with zero attached hydrogens (tertiary/aromatic N) is 8. The van der Waals surface area contributed by atoms with Gasteiger partial charge in [0.05, 0.1) is 22.6 Å². The summed E-state index contributed by atoms with van der Waals surface area (Å²) in [6.45, 7) is 5.24. The van der Waals surface area contributed by atoms with Crippen LogP contribution in [0.1, 0.15) is 29.0 Å². The molecule has 0 aliphatic carbocycles. The van der Waals surface area contributed by atoms with Gasteiger partial charge >= 0.3 is 0 Å². The van der Waals surface area contributed by atoms with Crippen LogP contribution in [-0.2, 0) is 7.05 Å². The first-order valence-electron chi connectivity index (χ1n) is 12.4. The highest BCUT2D eigenvalue weighted by atomic mass is 16.2. The van der Waals surface area contributed by atoms with Crippen LogP contribution in [0.2, 0.25) is 0 Å². The number of carbonyl (C=O) groups is 1. The molecule has 0 bridgehead atoms. The molecule has 1 aliphatic rings. The molecule has 1 saturated heterocycles. The number of rotatable bonds is 5. The lowest BCUT2D eigenvalue weighted by atomic mass is 10.1. The number of aryl methyl sites for hydroxylation is 1. The highest BCUT2D eigenvalue weighted by Gasteiger charge is 2.26. The summed E-state index contributed by atoms with van der Waals surface area (Å²) in [6.07, 6.45) is 5.17. The minimum Gasteiger partial charge on any atom is -0.363 e. The van der Waals surface area contributed by atoms with Crippen molar-refractivity contribution in [3.63, 3.8) is 0 Å². The van der Waals surface area contributed by atoms with E-state index in [1.54, 1.807) is 18.7 Å². The summed E-state index contributed by atoms with van der Waals surface area (Å²) in [6, 6.07) is 14.0. The highest BCUT2D eigenvalue weighted by Crippen LogP contribution is 2.29. The lowest BCUT2D eigenvalue weighted by Crippen LogP contribution is -2.47. The van der Waals surface area contributed by atoms with Crippen LogP contribution in [-0.4, -0.2) is 78.0 Å². The van der Waals surface area contributed by atoms with Crippen molar-refractivity contribution in [3.05, 3.63) is 72.4 Å². The van der Waals surface area contributed by atoms with Crippen molar-refractivity contribution < 1.29 is 4.79 Å². The topological polar surface area (TPSA) is 97.0 Å². The van der Waals surface area contributed by atoms with Gasteiger partial charge in [-0.25, -0.2) is 4.98 Å². The van der Waals surface area contributed by atoms with Crippen molar-refractivity contribution in [1.82, 2.24) is 38.9 Å². The number of hydrogen-bond acceptors (Lipinski definition) is 7. The molecule has 0 unspecified atom stereocenters. The number of anilines is 1. The Morgan fingerprint density at radius 1 is 1.03 bits per heavy atom. The zero-order valence-electron chi connectivity index (χ0n) is 21.2. The van der Waals surface area contributed by atoms with Gasteiger partial charge in [0, 0.05) is 45.5 Å². The number of aromatic nitrogens is 6. The second-order valence-electron chi connectivity index (χ2n) is 9.55. The van der Waals surface area contributed by atoms with E-state index >= 15 is 0 Å². The summed E-state index contributed by atoms with van der Waals surface area (Å²) < 4.78 is 3.70. The van der Waals surface area contributed by atoms with Gasteiger partial charge in [0.15, 0.2) is 0 Å². The van der Waals surface area contributed by atoms with Crippen LogP contribution in [0, 0.1) is 0 Å². The molecule has 0 radical (unpaired) electrons.